The molecule has 0 aliphatic rings. The number of halogens is 2. The number of nitrogens with two attached hydrogens (primary N) is 1. The highest BCUT2D eigenvalue weighted by Gasteiger charge is 2.15. The Bertz CT molecular complexity index is 522. The van der Waals surface area contributed by atoms with E-state index in [2.05, 4.69) is 5.32 Å². The minimum atomic E-state index is -1.57. The molecule has 0 saturated heterocycles. The first kappa shape index (κ1) is 18.1. The number of rotatable bonds is 6. The molecule has 0 heterocycles. The van der Waals surface area contributed by atoms with Gasteiger partial charge in [-0.15, -0.1) is 0 Å². The lowest BCUT2D eigenvalue weighted by molar-refractivity contribution is 0.0919. The quantitative estimate of drug-likeness (QED) is 0.849. The van der Waals surface area contributed by atoms with Crippen molar-refractivity contribution in [3.63, 3.8) is 0 Å². The summed E-state index contributed by atoms with van der Waals surface area (Å²) >= 11 is 0. The van der Waals surface area contributed by atoms with Gasteiger partial charge in [0.25, 0.3) is 5.91 Å². The first-order valence-electron chi connectivity index (χ1n) is 6.95. The van der Waals surface area contributed by atoms with Crippen LogP contribution >= 0.6 is 0 Å². The van der Waals surface area contributed by atoms with Crippen molar-refractivity contribution in [1.29, 1.82) is 0 Å². The molecule has 0 fully saturated rings. The van der Waals surface area contributed by atoms with Crippen LogP contribution in [0.3, 0.4) is 0 Å². The molecule has 1 aromatic carbocycles. The molecule has 122 valence electrons. The van der Waals surface area contributed by atoms with Gasteiger partial charge in [-0.05, 0) is 45.0 Å². The summed E-state index contributed by atoms with van der Waals surface area (Å²) in [6.07, 6.45) is -1.40. The molecule has 1 atom stereocenters. The molecule has 6 heteroatoms. The zero-order valence-electron chi connectivity index (χ0n) is 13.0. The van der Waals surface area contributed by atoms with Crippen molar-refractivity contribution in [1.82, 2.24) is 5.32 Å². The Morgan fingerprint density at radius 1 is 1.36 bits per heavy atom. The summed E-state index contributed by atoms with van der Waals surface area (Å²) in [5.74, 6) is 0.214. The maximum atomic E-state index is 13.3. The fraction of sp³-hybridized carbons (Fsp3) is 0.438. The Morgan fingerprint density at radius 3 is 2.41 bits per heavy atom. The molecule has 4 nitrogen and oxygen atoms in total. The van der Waals surface area contributed by atoms with E-state index >= 15 is 0 Å². The Balaban J connectivity index is 2.64. The molecule has 0 aliphatic carbocycles. The third-order valence-corrected chi connectivity index (χ3v) is 2.76. The minimum Gasteiger partial charge on any atom is -0.489 e. The predicted molar refractivity (Wildman–Crippen MR) is 82.3 cm³/mol. The van der Waals surface area contributed by atoms with Crippen LogP contribution < -0.4 is 15.8 Å². The molecular weight excluding hydrogens is 290 g/mol. The molecule has 0 unspecified atom stereocenters. The number of benzene rings is 1. The number of ether oxygens (including phenoxy) is 1. The van der Waals surface area contributed by atoms with Crippen molar-refractivity contribution in [2.45, 2.75) is 32.5 Å². The monoisotopic (exact) mass is 312 g/mol. The molecule has 1 aromatic rings. The highest BCUT2D eigenvalue weighted by Crippen LogP contribution is 2.15. The van der Waals surface area contributed by atoms with E-state index in [1.54, 1.807) is 24.3 Å². The second-order valence-electron chi connectivity index (χ2n) is 5.90. The average Bonchev–Trinajstić information content (AvgIpc) is 2.46. The summed E-state index contributed by atoms with van der Waals surface area (Å²) in [5.41, 5.74) is 5.14. The van der Waals surface area contributed by atoms with Gasteiger partial charge in [0.1, 0.15) is 18.5 Å². The number of nitrogens with one attached hydrogen (secondary N) is 1. The first-order valence-corrected chi connectivity index (χ1v) is 6.95. The van der Waals surface area contributed by atoms with Crippen molar-refractivity contribution in [3.05, 3.63) is 41.7 Å². The Hall–Kier alpha value is -1.95. The lowest BCUT2D eigenvalue weighted by atomic mass is 10.1. The molecule has 0 radical (unpaired) electrons. The summed E-state index contributed by atoms with van der Waals surface area (Å²) < 4.78 is 31.1. The lowest BCUT2D eigenvalue weighted by Gasteiger charge is -2.20. The van der Waals surface area contributed by atoms with Crippen molar-refractivity contribution in [2.75, 3.05) is 13.2 Å². The van der Waals surface area contributed by atoms with Crippen LogP contribution in [0, 0.1) is 0 Å². The van der Waals surface area contributed by atoms with Crippen LogP contribution in [0.25, 0.3) is 0 Å². The van der Waals surface area contributed by atoms with Gasteiger partial charge in [-0.2, -0.15) is 0 Å². The van der Waals surface area contributed by atoms with E-state index in [-0.39, 0.29) is 36.5 Å². The van der Waals surface area contributed by atoms with Gasteiger partial charge in [-0.1, -0.05) is 0 Å². The molecule has 3 N–H and O–H groups in total. The maximum absolute atomic E-state index is 13.3. The van der Waals surface area contributed by atoms with Gasteiger partial charge in [0.05, 0.1) is 6.33 Å². The number of carbonyl (C=O) groups is 1. The zero-order chi connectivity index (χ0) is 16.8. The van der Waals surface area contributed by atoms with E-state index in [1.807, 2.05) is 20.8 Å². The van der Waals surface area contributed by atoms with E-state index in [4.69, 9.17) is 10.5 Å². The van der Waals surface area contributed by atoms with Gasteiger partial charge in [0.15, 0.2) is 0 Å². The van der Waals surface area contributed by atoms with Crippen LogP contribution in [-0.4, -0.2) is 30.8 Å². The molecule has 1 rings (SSSR count). The smallest absolute Gasteiger partial charge is 0.251 e. The molecule has 0 bridgehead atoms. The minimum absolute atomic E-state index is 0.156. The second kappa shape index (κ2) is 7.89. The van der Waals surface area contributed by atoms with Crippen LogP contribution in [-0.2, 0) is 0 Å². The second-order valence-corrected chi connectivity index (χ2v) is 5.90. The molecule has 1 amide bonds. The van der Waals surface area contributed by atoms with E-state index in [9.17, 15) is 13.6 Å². The van der Waals surface area contributed by atoms with Crippen molar-refractivity contribution >= 4 is 5.91 Å². The Morgan fingerprint density at radius 2 is 1.95 bits per heavy atom. The van der Waals surface area contributed by atoms with E-state index in [0.29, 0.717) is 11.3 Å². The molecule has 0 aromatic heterocycles. The molecule has 0 aliphatic heterocycles. The molecule has 0 saturated carbocycles. The van der Waals surface area contributed by atoms with Crippen LogP contribution in [0.1, 0.15) is 31.1 Å². The van der Waals surface area contributed by atoms with Crippen molar-refractivity contribution in [2.24, 2.45) is 5.73 Å². The number of hydrogen-bond acceptors (Lipinski definition) is 3. The highest BCUT2D eigenvalue weighted by atomic mass is 19.1. The number of carbonyl (C=O) groups excluding carboxylic acids is 1. The Labute approximate surface area is 129 Å². The van der Waals surface area contributed by atoms with Crippen LogP contribution in [0.2, 0.25) is 0 Å². The Kier molecular flexibility index (Phi) is 6.49. The topological polar surface area (TPSA) is 64.3 Å². The summed E-state index contributed by atoms with van der Waals surface area (Å²) in [5, 5.41) is 2.83. The summed E-state index contributed by atoms with van der Waals surface area (Å²) in [6.45, 7) is 5.13. The molecule has 22 heavy (non-hydrogen) atoms. The number of hydrogen-bond donors (Lipinski definition) is 2. The number of alkyl halides is 1. The molecular formula is C16H22F2N2O2. The third-order valence-electron chi connectivity index (χ3n) is 2.76. The van der Waals surface area contributed by atoms with E-state index in [0.717, 1.165) is 0 Å². The normalized spacial score (nSPS) is 13.6. The maximum Gasteiger partial charge on any atom is 0.251 e. The van der Waals surface area contributed by atoms with Gasteiger partial charge in [0, 0.05) is 23.2 Å². The highest BCUT2D eigenvalue weighted by molar-refractivity contribution is 5.94. The fourth-order valence-corrected chi connectivity index (χ4v) is 1.62. The summed E-state index contributed by atoms with van der Waals surface area (Å²) in [4.78, 5) is 11.9. The van der Waals surface area contributed by atoms with Crippen LogP contribution in [0.15, 0.2) is 36.2 Å². The van der Waals surface area contributed by atoms with Gasteiger partial charge in [0.2, 0.25) is 0 Å². The van der Waals surface area contributed by atoms with Gasteiger partial charge in [-0.3, -0.25) is 4.79 Å². The first-order chi connectivity index (χ1) is 10.3. The summed E-state index contributed by atoms with van der Waals surface area (Å²) in [6, 6.07) is 6.32. The van der Waals surface area contributed by atoms with E-state index in [1.165, 1.54) is 0 Å². The van der Waals surface area contributed by atoms with E-state index < -0.39 is 6.17 Å². The van der Waals surface area contributed by atoms with Gasteiger partial charge >= 0.3 is 0 Å². The average molecular weight is 312 g/mol. The third kappa shape index (κ3) is 5.81. The SMILES string of the molecule is CC(C)(C)NC(=O)c1ccc(OC/C(=C/F)[C@@H](F)CN)cc1. The lowest BCUT2D eigenvalue weighted by Crippen LogP contribution is -2.40. The largest absolute Gasteiger partial charge is 0.489 e. The van der Waals surface area contributed by atoms with Crippen LogP contribution in [0.5, 0.6) is 5.75 Å². The molecule has 0 spiro atoms. The summed E-state index contributed by atoms with van der Waals surface area (Å²) in [7, 11) is 0. The zero-order valence-corrected chi connectivity index (χ0v) is 13.0. The van der Waals surface area contributed by atoms with Gasteiger partial charge in [-0.25, -0.2) is 8.78 Å². The standard InChI is InChI=1S/C16H22F2N2O2/c1-16(2,3)20-15(21)11-4-6-13(7-5-11)22-10-12(8-17)14(18)9-19/h4-8,14H,9-10,19H2,1-3H3,(H,20,21)/b12-8-/t14-/m0/s1. The van der Waals surface area contributed by atoms with Gasteiger partial charge < -0.3 is 15.8 Å². The van der Waals surface area contributed by atoms with Crippen molar-refractivity contribution < 1.29 is 18.3 Å². The predicted octanol–water partition coefficient (Wildman–Crippen LogP) is 2.74. The van der Waals surface area contributed by atoms with Crippen molar-refractivity contribution in [3.8, 4) is 5.75 Å². The van der Waals surface area contributed by atoms with Crippen LogP contribution in [0.4, 0.5) is 8.78 Å². The number of amides is 1. The fourth-order valence-electron chi connectivity index (χ4n) is 1.62.